The van der Waals surface area contributed by atoms with Crippen molar-refractivity contribution in [1.29, 1.82) is 0 Å². The van der Waals surface area contributed by atoms with Gasteiger partial charge in [-0.25, -0.2) is 0 Å². The summed E-state index contributed by atoms with van der Waals surface area (Å²) in [6, 6.07) is 81.6. The van der Waals surface area contributed by atoms with Gasteiger partial charge in [0.1, 0.15) is 11.2 Å². The number of fused-ring (bicyclic) bond motifs is 18. The number of para-hydroxylation sites is 8. The number of aromatic nitrogens is 2. The third kappa shape index (κ3) is 6.56. The minimum atomic E-state index is 0.529. The fraction of sp³-hybridized carbons (Fsp3) is 0.154. The number of hydrogen-bond donors (Lipinski definition) is 0. The van der Waals surface area contributed by atoms with E-state index in [-0.39, 0.29) is 0 Å². The van der Waals surface area contributed by atoms with Crippen LogP contribution < -0.4 is 9.80 Å². The van der Waals surface area contributed by atoms with Gasteiger partial charge in [-0.05, 0) is 121 Å². The predicted molar refractivity (Wildman–Crippen MR) is 351 cm³/mol. The molecule has 6 aromatic heterocycles. The van der Waals surface area contributed by atoms with Crippen molar-refractivity contribution in [3.05, 3.63) is 230 Å². The largest absolute Gasteiger partial charge is 0.454 e. The van der Waals surface area contributed by atoms with E-state index in [9.17, 15) is 0 Å². The lowest BCUT2D eigenvalue weighted by Gasteiger charge is -2.25. The lowest BCUT2D eigenvalue weighted by Crippen LogP contribution is -2.10. The molecule has 0 saturated heterocycles. The van der Waals surface area contributed by atoms with Gasteiger partial charge >= 0.3 is 0 Å². The van der Waals surface area contributed by atoms with Gasteiger partial charge in [0, 0.05) is 87.4 Å². The van der Waals surface area contributed by atoms with Gasteiger partial charge in [0.2, 0.25) is 0 Å². The first-order valence-corrected chi connectivity index (χ1v) is 30.6. The number of benzene rings is 11. The van der Waals surface area contributed by atoms with Crippen LogP contribution in [0.1, 0.15) is 87.2 Å². The zero-order valence-corrected chi connectivity index (χ0v) is 46.6. The Labute approximate surface area is 484 Å². The summed E-state index contributed by atoms with van der Waals surface area (Å²) in [4.78, 5) is 4.82. The van der Waals surface area contributed by atoms with E-state index in [1.807, 2.05) is 0 Å². The molecule has 0 aliphatic heterocycles. The molecule has 0 radical (unpaired) electrons. The summed E-state index contributed by atoms with van der Waals surface area (Å²) in [5, 5.41) is 14.7. The van der Waals surface area contributed by atoms with Gasteiger partial charge in [0.05, 0.1) is 44.5 Å². The van der Waals surface area contributed by atoms with Crippen molar-refractivity contribution in [1.82, 2.24) is 8.80 Å². The third-order valence-corrected chi connectivity index (χ3v) is 19.9. The highest BCUT2D eigenvalue weighted by Gasteiger charge is 2.29. The minimum absolute atomic E-state index is 0.529. The summed E-state index contributed by atoms with van der Waals surface area (Å²) < 4.78 is 19.5. The average molecular weight is 1080 g/mol. The van der Waals surface area contributed by atoms with E-state index >= 15 is 0 Å². The highest BCUT2D eigenvalue weighted by Crippen LogP contribution is 2.51. The smallest absolute Gasteiger partial charge is 0.159 e. The van der Waals surface area contributed by atoms with Crippen molar-refractivity contribution in [3.8, 4) is 0 Å². The molecule has 11 aromatic carbocycles. The number of anilines is 6. The molecule has 0 unspecified atom stereocenters. The van der Waals surface area contributed by atoms with Crippen molar-refractivity contribution < 1.29 is 8.83 Å². The van der Waals surface area contributed by atoms with Crippen LogP contribution >= 0.6 is 0 Å². The Hall–Kier alpha value is -9.78. The van der Waals surface area contributed by atoms with Crippen molar-refractivity contribution in [2.45, 2.75) is 76.0 Å². The molecule has 0 amide bonds. The molecule has 0 N–H and O–H groups in total. The Morgan fingerprint density at radius 1 is 0.274 bits per heavy atom. The van der Waals surface area contributed by atoms with Crippen molar-refractivity contribution in [2.75, 3.05) is 9.80 Å². The summed E-state index contributed by atoms with van der Waals surface area (Å²) in [7, 11) is 0. The number of rotatable bonds is 8. The summed E-state index contributed by atoms with van der Waals surface area (Å²) >= 11 is 0. The maximum atomic E-state index is 7.19. The number of nitrogens with zero attached hydrogens (tertiary/aromatic N) is 4. The average Bonchev–Trinajstić information content (AvgIpc) is 1.67. The molecular formula is C78H58N4O2. The van der Waals surface area contributed by atoms with Crippen LogP contribution in [0.5, 0.6) is 0 Å². The van der Waals surface area contributed by atoms with Crippen LogP contribution in [0, 0.1) is 0 Å². The van der Waals surface area contributed by atoms with E-state index in [1.54, 1.807) is 0 Å². The Morgan fingerprint density at radius 3 is 1.06 bits per heavy atom. The maximum absolute atomic E-state index is 7.19. The second-order valence-corrected chi connectivity index (χ2v) is 24.3. The topological polar surface area (TPSA) is 41.6 Å². The van der Waals surface area contributed by atoms with Crippen LogP contribution in [0.4, 0.5) is 34.1 Å². The van der Waals surface area contributed by atoms with Crippen LogP contribution in [0.25, 0.3) is 120 Å². The van der Waals surface area contributed by atoms with E-state index in [0.717, 1.165) is 67.2 Å². The molecule has 0 bridgehead atoms. The molecule has 17 aromatic rings. The first-order valence-electron chi connectivity index (χ1n) is 30.6. The molecule has 0 spiro atoms. The molecule has 0 atom stereocenters. The predicted octanol–water partition coefficient (Wildman–Crippen LogP) is 22.8. The monoisotopic (exact) mass is 1080 g/mol. The quantitative estimate of drug-likeness (QED) is 0.152. The van der Waals surface area contributed by atoms with Gasteiger partial charge in [-0.15, -0.1) is 0 Å². The van der Waals surface area contributed by atoms with Crippen LogP contribution in [-0.4, -0.2) is 8.80 Å². The van der Waals surface area contributed by atoms with Gasteiger partial charge in [-0.1, -0.05) is 184 Å². The Bertz CT molecular complexity index is 5140. The van der Waals surface area contributed by atoms with Crippen LogP contribution in [0.2, 0.25) is 0 Å². The highest BCUT2D eigenvalue weighted by atomic mass is 16.3. The SMILES string of the molecule is c1ccc(N(c2ccc3c4cccc5c6cc7c(cc6n(c3c2)c45)c2cccc3c4ccc(N(c5ccccc5)c5cccc6c5oc5c(C8CCCCC8)cccc56)cc4n7c32)c2cccc3c2oc2c(C4CCCCC4)cccc23)cc1. The molecule has 2 saturated carbocycles. The molecule has 19 rings (SSSR count). The molecule has 6 heteroatoms. The van der Waals surface area contributed by atoms with E-state index < -0.39 is 0 Å². The van der Waals surface area contributed by atoms with Gasteiger partial charge in [-0.2, -0.15) is 0 Å². The van der Waals surface area contributed by atoms with Crippen molar-refractivity contribution in [3.63, 3.8) is 0 Å². The fourth-order valence-electron chi connectivity index (χ4n) is 16.2. The van der Waals surface area contributed by atoms with Gasteiger partial charge in [0.25, 0.3) is 0 Å². The van der Waals surface area contributed by atoms with Crippen LogP contribution in [0.15, 0.2) is 227 Å². The second kappa shape index (κ2) is 17.9. The number of hydrogen-bond acceptors (Lipinski definition) is 4. The minimum Gasteiger partial charge on any atom is -0.454 e. The van der Waals surface area contributed by atoms with Crippen molar-refractivity contribution >= 4 is 154 Å². The zero-order valence-electron chi connectivity index (χ0n) is 46.6. The lowest BCUT2D eigenvalue weighted by atomic mass is 9.83. The fourth-order valence-corrected chi connectivity index (χ4v) is 16.2. The van der Waals surface area contributed by atoms with Crippen LogP contribution in [0.3, 0.4) is 0 Å². The van der Waals surface area contributed by atoms with Gasteiger partial charge in [-0.3, -0.25) is 0 Å². The maximum Gasteiger partial charge on any atom is 0.159 e. The van der Waals surface area contributed by atoms with Gasteiger partial charge < -0.3 is 27.4 Å². The third-order valence-electron chi connectivity index (χ3n) is 19.9. The summed E-state index contributed by atoms with van der Waals surface area (Å²) in [6.07, 6.45) is 12.7. The zero-order chi connectivity index (χ0) is 54.7. The normalized spacial score (nSPS) is 15.0. The highest BCUT2D eigenvalue weighted by molar-refractivity contribution is 6.29. The Morgan fingerprint density at radius 2 is 0.631 bits per heavy atom. The molecule has 6 nitrogen and oxygen atoms in total. The van der Waals surface area contributed by atoms with E-state index in [2.05, 4.69) is 237 Å². The summed E-state index contributed by atoms with van der Waals surface area (Å²) in [5.41, 5.74) is 20.3. The molecule has 6 heterocycles. The summed E-state index contributed by atoms with van der Waals surface area (Å²) in [6.45, 7) is 0. The molecule has 402 valence electrons. The van der Waals surface area contributed by atoms with Gasteiger partial charge in [0.15, 0.2) is 11.2 Å². The Kier molecular flexibility index (Phi) is 9.95. The first-order chi connectivity index (χ1) is 41.7. The molecule has 84 heavy (non-hydrogen) atoms. The lowest BCUT2D eigenvalue weighted by molar-refractivity contribution is 0.442. The molecule has 2 aliphatic rings. The molecular weight excluding hydrogens is 1020 g/mol. The van der Waals surface area contributed by atoms with E-state index in [4.69, 9.17) is 8.83 Å². The van der Waals surface area contributed by atoms with Crippen molar-refractivity contribution in [2.24, 2.45) is 0 Å². The standard InChI is InChI=1S/C78H58N4O2/c1-5-19-47(20-6-1)53-27-13-33-61-63-35-17-37-67(77(63)83-75(53)61)79(49-23-9-3-10-24-49)51-39-41-55-57-29-15-31-59-65-46-72-66(45-71(65)81(73(57)59)69(55)43-51)60-32-16-30-58-56-42-40-52(44-70(56)82(72)74(58)60)80(50-25-11-4-12-26-50)68-38-18-36-64-62-34-14-28-54(76(62)84-78(64)68)48-21-7-2-8-22-48/h3-4,9-18,23-48H,1-2,5-8,19-22H2. The second-order valence-electron chi connectivity index (χ2n) is 24.3. The van der Waals surface area contributed by atoms with Crippen LogP contribution in [-0.2, 0) is 0 Å². The molecule has 2 fully saturated rings. The Balaban J connectivity index is 0.806. The molecule has 2 aliphatic carbocycles. The summed E-state index contributed by atoms with van der Waals surface area (Å²) in [5.74, 6) is 1.06. The van der Waals surface area contributed by atoms with E-state index in [0.29, 0.717) is 11.8 Å². The first kappa shape index (κ1) is 46.8. The number of furan rings is 2. The van der Waals surface area contributed by atoms with E-state index in [1.165, 1.54) is 162 Å².